The van der Waals surface area contributed by atoms with Gasteiger partial charge in [0.2, 0.25) is 32.5 Å². The molecule has 1 saturated heterocycles. The molecule has 0 unspecified atom stereocenters. The Morgan fingerprint density at radius 2 is 1.70 bits per heavy atom. The molecule has 174 valence electrons. The Balaban J connectivity index is 1.72. The molecule has 0 saturated carbocycles. The van der Waals surface area contributed by atoms with E-state index in [1.54, 1.807) is 34.1 Å². The number of carbonyl (C=O) groups is 1. The number of aromatic nitrogens is 1. The van der Waals surface area contributed by atoms with E-state index in [9.17, 15) is 17.6 Å². The second-order valence-electron chi connectivity index (χ2n) is 7.71. The maximum Gasteiger partial charge on any atom is 0.236 e. The number of hydrogen-bond donors (Lipinski definition) is 0. The summed E-state index contributed by atoms with van der Waals surface area (Å²) in [7, 11) is -4.09. The lowest BCUT2D eigenvalue weighted by Gasteiger charge is -2.34. The molecule has 0 bridgehead atoms. The normalized spacial score (nSPS) is 14.5. The first kappa shape index (κ1) is 23.3. The molecule has 1 aliphatic rings. The van der Waals surface area contributed by atoms with Crippen molar-refractivity contribution >= 4 is 33.2 Å². The highest BCUT2D eigenvalue weighted by atomic mass is 35.5. The van der Waals surface area contributed by atoms with Gasteiger partial charge in [-0.1, -0.05) is 18.5 Å². The van der Waals surface area contributed by atoms with Crippen LogP contribution < -0.4 is 4.90 Å². The smallest absolute Gasteiger partial charge is 0.236 e. The van der Waals surface area contributed by atoms with Crippen LogP contribution >= 0.6 is 11.6 Å². The van der Waals surface area contributed by atoms with Crippen LogP contribution in [0.2, 0.25) is 5.02 Å². The van der Waals surface area contributed by atoms with E-state index in [-0.39, 0.29) is 27.6 Å². The zero-order valence-corrected chi connectivity index (χ0v) is 19.6. The van der Waals surface area contributed by atoms with E-state index in [4.69, 9.17) is 16.0 Å². The van der Waals surface area contributed by atoms with E-state index < -0.39 is 15.7 Å². The lowest BCUT2D eigenvalue weighted by molar-refractivity contribution is -0.131. The van der Waals surface area contributed by atoms with Crippen LogP contribution in [0.4, 0.5) is 10.3 Å². The van der Waals surface area contributed by atoms with Crippen molar-refractivity contribution in [3.63, 3.8) is 0 Å². The number of hydrogen-bond acceptors (Lipinski definition) is 6. The number of amides is 1. The summed E-state index contributed by atoms with van der Waals surface area (Å²) in [5.74, 6) is -0.224. The maximum atomic E-state index is 13.4. The van der Waals surface area contributed by atoms with Gasteiger partial charge in [-0.15, -0.1) is 0 Å². The van der Waals surface area contributed by atoms with Gasteiger partial charge in [0, 0.05) is 43.2 Å². The topological polar surface area (TPSA) is 83.7 Å². The van der Waals surface area contributed by atoms with E-state index >= 15 is 0 Å². The van der Waals surface area contributed by atoms with E-state index in [0.29, 0.717) is 43.2 Å². The van der Waals surface area contributed by atoms with Gasteiger partial charge in [-0.05, 0) is 55.0 Å². The highest BCUT2D eigenvalue weighted by Gasteiger charge is 2.33. The lowest BCUT2D eigenvalue weighted by Crippen LogP contribution is -2.48. The van der Waals surface area contributed by atoms with Crippen LogP contribution in [0.15, 0.2) is 62.9 Å². The SMILES string of the molecule is CCCC(=O)N1CCN(c2oc(-c3ccc(Cl)cc3)nc2S(=O)(=O)c2ccc(F)cc2)CC1. The quantitative estimate of drug-likeness (QED) is 0.475. The van der Waals surface area contributed by atoms with E-state index in [1.165, 1.54) is 12.1 Å². The molecule has 3 aromatic rings. The third-order valence-corrected chi connectivity index (χ3v) is 7.35. The van der Waals surface area contributed by atoms with Gasteiger partial charge < -0.3 is 14.2 Å². The monoisotopic (exact) mass is 491 g/mol. The summed E-state index contributed by atoms with van der Waals surface area (Å²) in [4.78, 5) is 20.0. The molecule has 0 atom stereocenters. The largest absolute Gasteiger partial charge is 0.419 e. The van der Waals surface area contributed by atoms with Crippen molar-refractivity contribution in [2.24, 2.45) is 0 Å². The molecule has 0 N–H and O–H groups in total. The maximum absolute atomic E-state index is 13.4. The number of benzene rings is 2. The number of sulfone groups is 1. The average molecular weight is 492 g/mol. The number of halogens is 2. The first-order valence-electron chi connectivity index (χ1n) is 10.6. The van der Waals surface area contributed by atoms with Crippen molar-refractivity contribution in [3.8, 4) is 11.5 Å². The summed E-state index contributed by atoms with van der Waals surface area (Å²) in [6, 6.07) is 11.3. The highest BCUT2D eigenvalue weighted by molar-refractivity contribution is 7.91. The lowest BCUT2D eigenvalue weighted by atomic mass is 10.2. The molecule has 0 aliphatic carbocycles. The van der Waals surface area contributed by atoms with Crippen molar-refractivity contribution in [3.05, 3.63) is 59.4 Å². The molecule has 10 heteroatoms. The first-order chi connectivity index (χ1) is 15.8. The molecular weight excluding hydrogens is 469 g/mol. The predicted molar refractivity (Wildman–Crippen MR) is 123 cm³/mol. The van der Waals surface area contributed by atoms with E-state index in [0.717, 1.165) is 18.6 Å². The third-order valence-electron chi connectivity index (χ3n) is 5.43. The molecular formula is C23H23ClFN3O4S. The van der Waals surface area contributed by atoms with Gasteiger partial charge in [-0.2, -0.15) is 4.98 Å². The van der Waals surface area contributed by atoms with Crippen molar-refractivity contribution in [1.29, 1.82) is 0 Å². The molecule has 1 amide bonds. The highest BCUT2D eigenvalue weighted by Crippen LogP contribution is 2.35. The van der Waals surface area contributed by atoms with E-state index in [1.807, 2.05) is 6.92 Å². The van der Waals surface area contributed by atoms with Crippen LogP contribution in [0.5, 0.6) is 0 Å². The van der Waals surface area contributed by atoms with Crippen LogP contribution in [-0.2, 0) is 14.6 Å². The fraction of sp³-hybridized carbons (Fsp3) is 0.304. The van der Waals surface area contributed by atoms with Gasteiger partial charge in [0.15, 0.2) is 0 Å². The molecule has 0 radical (unpaired) electrons. The molecule has 1 aliphatic heterocycles. The summed E-state index contributed by atoms with van der Waals surface area (Å²) in [5, 5.41) is 0.282. The number of carbonyl (C=O) groups excluding carboxylic acids is 1. The van der Waals surface area contributed by atoms with Gasteiger partial charge in [0.05, 0.1) is 4.90 Å². The average Bonchev–Trinajstić information content (AvgIpc) is 3.26. The van der Waals surface area contributed by atoms with Crippen molar-refractivity contribution in [1.82, 2.24) is 9.88 Å². The fourth-order valence-electron chi connectivity index (χ4n) is 3.65. The van der Waals surface area contributed by atoms with Crippen LogP contribution in [0.3, 0.4) is 0 Å². The minimum Gasteiger partial charge on any atom is -0.419 e. The Morgan fingerprint density at radius 1 is 1.06 bits per heavy atom. The zero-order valence-electron chi connectivity index (χ0n) is 18.0. The zero-order chi connectivity index (χ0) is 23.6. The molecule has 2 aromatic carbocycles. The van der Waals surface area contributed by atoms with Gasteiger partial charge in [0.1, 0.15) is 5.82 Å². The van der Waals surface area contributed by atoms with Gasteiger partial charge in [-0.25, -0.2) is 12.8 Å². The minimum absolute atomic E-state index is 0.0794. The van der Waals surface area contributed by atoms with Crippen LogP contribution in [-0.4, -0.2) is 50.4 Å². The fourth-order valence-corrected chi connectivity index (χ4v) is 5.09. The Bertz CT molecular complexity index is 1240. The number of nitrogens with zero attached hydrogens (tertiary/aromatic N) is 3. The summed E-state index contributed by atoms with van der Waals surface area (Å²) in [6.07, 6.45) is 1.25. The van der Waals surface area contributed by atoms with Gasteiger partial charge in [0.25, 0.3) is 0 Å². The van der Waals surface area contributed by atoms with Crippen molar-refractivity contribution < 1.29 is 22.0 Å². The number of oxazole rings is 1. The molecule has 33 heavy (non-hydrogen) atoms. The van der Waals surface area contributed by atoms with Crippen molar-refractivity contribution in [2.45, 2.75) is 29.7 Å². The standard InChI is InChI=1S/C23H23ClFN3O4S/c1-2-3-20(29)27-12-14-28(15-13-27)23-22(33(30,31)19-10-8-18(25)9-11-19)26-21(32-23)16-4-6-17(24)7-5-16/h4-11H,2-3,12-15H2,1H3. The third kappa shape index (κ3) is 4.89. The number of anilines is 1. The van der Waals surface area contributed by atoms with Crippen LogP contribution in [0.1, 0.15) is 19.8 Å². The molecule has 1 aromatic heterocycles. The van der Waals surface area contributed by atoms with Gasteiger partial charge >= 0.3 is 0 Å². The van der Waals surface area contributed by atoms with Crippen LogP contribution in [0, 0.1) is 5.82 Å². The molecule has 4 rings (SSSR count). The minimum atomic E-state index is -4.09. The first-order valence-corrected chi connectivity index (χ1v) is 12.5. The van der Waals surface area contributed by atoms with Gasteiger partial charge in [-0.3, -0.25) is 4.79 Å². The molecule has 7 nitrogen and oxygen atoms in total. The Labute approximate surface area is 196 Å². The summed E-state index contributed by atoms with van der Waals surface area (Å²) in [5.41, 5.74) is 0.568. The molecule has 0 spiro atoms. The van der Waals surface area contributed by atoms with Crippen molar-refractivity contribution in [2.75, 3.05) is 31.1 Å². The Kier molecular flexibility index (Phi) is 6.71. The summed E-state index contributed by atoms with van der Waals surface area (Å²) >= 11 is 5.97. The number of rotatable bonds is 6. The molecule has 2 heterocycles. The Morgan fingerprint density at radius 3 is 2.30 bits per heavy atom. The second-order valence-corrected chi connectivity index (χ2v) is 10.0. The summed E-state index contributed by atoms with van der Waals surface area (Å²) < 4.78 is 46.2. The summed E-state index contributed by atoms with van der Waals surface area (Å²) in [6.45, 7) is 3.65. The second kappa shape index (κ2) is 9.52. The predicted octanol–water partition coefficient (Wildman–Crippen LogP) is 4.42. The Hall–Kier alpha value is -2.91. The molecule has 1 fully saturated rings. The van der Waals surface area contributed by atoms with Crippen LogP contribution in [0.25, 0.3) is 11.5 Å². The van der Waals surface area contributed by atoms with E-state index in [2.05, 4.69) is 4.98 Å². The number of piperazine rings is 1.